The van der Waals surface area contributed by atoms with E-state index < -0.39 is 5.92 Å². The van der Waals surface area contributed by atoms with E-state index in [1.807, 2.05) is 27.7 Å². The van der Waals surface area contributed by atoms with E-state index in [0.717, 1.165) is 32.1 Å². The molecule has 1 rings (SSSR count). The minimum Gasteiger partial charge on any atom is -0.333 e. The summed E-state index contributed by atoms with van der Waals surface area (Å²) in [6, 6.07) is -0.134. The minimum atomic E-state index is -0.596. The number of urea groups is 1. The van der Waals surface area contributed by atoms with Gasteiger partial charge in [-0.25, -0.2) is 9.86 Å². The van der Waals surface area contributed by atoms with Crippen LogP contribution in [0, 0.1) is 11.8 Å². The van der Waals surface area contributed by atoms with Crippen LogP contribution >= 0.6 is 0 Å². The van der Waals surface area contributed by atoms with Crippen LogP contribution < -0.4 is 10.7 Å². The van der Waals surface area contributed by atoms with Crippen molar-refractivity contribution in [1.82, 2.24) is 25.7 Å². The maximum Gasteiger partial charge on any atom is 0.317 e. The predicted molar refractivity (Wildman–Crippen MR) is 130 cm³/mol. The van der Waals surface area contributed by atoms with Crippen molar-refractivity contribution in [3.8, 4) is 0 Å². The van der Waals surface area contributed by atoms with Gasteiger partial charge < -0.3 is 10.2 Å². The second-order valence-corrected chi connectivity index (χ2v) is 10.2. The largest absolute Gasteiger partial charge is 0.333 e. The number of hydrogen-bond donors (Lipinski definition) is 3. The van der Waals surface area contributed by atoms with Crippen molar-refractivity contribution in [1.29, 1.82) is 0 Å². The number of nitrogens with one attached hydrogen (secondary N) is 2. The van der Waals surface area contributed by atoms with E-state index in [1.54, 1.807) is 4.90 Å². The van der Waals surface area contributed by atoms with E-state index in [1.165, 1.54) is 5.01 Å². The van der Waals surface area contributed by atoms with Crippen LogP contribution in [-0.2, 0) is 14.4 Å². The zero-order valence-corrected chi connectivity index (χ0v) is 21.6. The third kappa shape index (κ3) is 10.7. The molecule has 1 unspecified atom stereocenters. The third-order valence-electron chi connectivity index (χ3n) is 5.92. The Morgan fingerprint density at radius 1 is 1.09 bits per heavy atom. The highest BCUT2D eigenvalue weighted by Crippen LogP contribution is 2.19. The molecule has 0 radical (unpaired) electrons. The Kier molecular flexibility index (Phi) is 12.9. The lowest BCUT2D eigenvalue weighted by molar-refractivity contribution is -0.159. The molecule has 10 heteroatoms. The molecule has 5 amide bonds. The fourth-order valence-corrected chi connectivity index (χ4v) is 3.93. The molecule has 0 aromatic rings. The average molecular weight is 484 g/mol. The first-order valence-electron chi connectivity index (χ1n) is 12.6. The number of amides is 5. The van der Waals surface area contributed by atoms with Gasteiger partial charge in [-0.05, 0) is 46.5 Å². The second kappa shape index (κ2) is 14.8. The number of piperidine rings is 1. The molecule has 1 aliphatic rings. The SMILES string of the molecule is CCCCCC(CN(O)C=O)C(=O)N(CCCC)NC(=O)C1CCN(C(=O)NC(C)(C)C)CC1. The average Bonchev–Trinajstić information content (AvgIpc) is 2.79. The van der Waals surface area contributed by atoms with Gasteiger partial charge in [-0.2, -0.15) is 0 Å². The summed E-state index contributed by atoms with van der Waals surface area (Å²) in [4.78, 5) is 51.3. The molecule has 0 aromatic heterocycles. The van der Waals surface area contributed by atoms with Crippen molar-refractivity contribution in [2.24, 2.45) is 11.8 Å². The number of hydrogen-bond acceptors (Lipinski definition) is 5. The molecular formula is C24H45N5O5. The van der Waals surface area contributed by atoms with Gasteiger partial charge >= 0.3 is 6.03 Å². The Labute approximate surface area is 204 Å². The molecule has 1 saturated heterocycles. The van der Waals surface area contributed by atoms with Crippen molar-refractivity contribution in [2.75, 3.05) is 26.2 Å². The Balaban J connectivity index is 2.78. The van der Waals surface area contributed by atoms with Crippen molar-refractivity contribution in [3.05, 3.63) is 0 Å². The number of nitrogens with zero attached hydrogens (tertiary/aromatic N) is 3. The molecular weight excluding hydrogens is 438 g/mol. The van der Waals surface area contributed by atoms with Gasteiger partial charge in [0.1, 0.15) is 0 Å². The zero-order chi connectivity index (χ0) is 25.7. The maximum absolute atomic E-state index is 13.3. The molecule has 1 heterocycles. The molecule has 1 fully saturated rings. The predicted octanol–water partition coefficient (Wildman–Crippen LogP) is 2.91. The van der Waals surface area contributed by atoms with Crippen LogP contribution in [0.15, 0.2) is 0 Å². The summed E-state index contributed by atoms with van der Waals surface area (Å²) in [6.45, 7) is 11.0. The van der Waals surface area contributed by atoms with Gasteiger partial charge in [0.05, 0.1) is 12.5 Å². The number of carbonyl (C=O) groups excluding carboxylic acids is 4. The smallest absolute Gasteiger partial charge is 0.317 e. The Morgan fingerprint density at radius 3 is 2.24 bits per heavy atom. The summed E-state index contributed by atoms with van der Waals surface area (Å²) in [5, 5.41) is 14.5. The Bertz CT molecular complexity index is 659. The van der Waals surface area contributed by atoms with Crippen LogP contribution in [0.4, 0.5) is 4.79 Å². The quantitative estimate of drug-likeness (QED) is 0.170. The van der Waals surface area contributed by atoms with Crippen LogP contribution in [0.25, 0.3) is 0 Å². The lowest BCUT2D eigenvalue weighted by Gasteiger charge is -2.35. The van der Waals surface area contributed by atoms with E-state index in [-0.39, 0.29) is 35.8 Å². The summed E-state index contributed by atoms with van der Waals surface area (Å²) in [7, 11) is 0. The van der Waals surface area contributed by atoms with Gasteiger partial charge in [0, 0.05) is 31.1 Å². The third-order valence-corrected chi connectivity index (χ3v) is 5.92. The summed E-state index contributed by atoms with van der Waals surface area (Å²) < 4.78 is 0. The van der Waals surface area contributed by atoms with E-state index in [2.05, 4.69) is 17.7 Å². The molecule has 0 saturated carbocycles. The van der Waals surface area contributed by atoms with E-state index in [9.17, 15) is 24.4 Å². The number of hydroxylamine groups is 2. The highest BCUT2D eigenvalue weighted by molar-refractivity contribution is 5.85. The normalized spacial score (nSPS) is 15.4. The van der Waals surface area contributed by atoms with Gasteiger partial charge in [-0.3, -0.25) is 30.0 Å². The molecule has 0 bridgehead atoms. The monoisotopic (exact) mass is 483 g/mol. The minimum absolute atomic E-state index is 0.105. The molecule has 0 aromatic carbocycles. The fourth-order valence-electron chi connectivity index (χ4n) is 3.93. The second-order valence-electron chi connectivity index (χ2n) is 10.2. The van der Waals surface area contributed by atoms with Gasteiger partial charge in [0.15, 0.2) is 0 Å². The van der Waals surface area contributed by atoms with Crippen LogP contribution in [0.5, 0.6) is 0 Å². The lowest BCUT2D eigenvalue weighted by atomic mass is 9.96. The zero-order valence-electron chi connectivity index (χ0n) is 21.6. The summed E-state index contributed by atoms with van der Waals surface area (Å²) in [5.41, 5.74) is 2.48. The first-order chi connectivity index (χ1) is 16.0. The number of unbranched alkanes of at least 4 members (excludes halogenated alkanes) is 3. The Hall–Kier alpha value is -2.36. The molecule has 1 aliphatic heterocycles. The molecule has 3 N–H and O–H groups in total. The van der Waals surface area contributed by atoms with Gasteiger partial charge in [0.2, 0.25) is 18.2 Å². The van der Waals surface area contributed by atoms with Crippen LogP contribution in [0.2, 0.25) is 0 Å². The summed E-state index contributed by atoms with van der Waals surface area (Å²) >= 11 is 0. The van der Waals surface area contributed by atoms with Crippen LogP contribution in [0.1, 0.15) is 86.0 Å². The molecule has 0 spiro atoms. The van der Waals surface area contributed by atoms with E-state index in [0.29, 0.717) is 50.4 Å². The number of likely N-dealkylation sites (tertiary alicyclic amines) is 1. The van der Waals surface area contributed by atoms with Crippen molar-refractivity contribution < 1.29 is 24.4 Å². The standard InChI is InChI=1S/C24H45N5O5/c1-6-8-10-11-20(17-28(34)18-30)22(32)29(14-9-7-2)26-21(31)19-12-15-27(16-13-19)23(33)25-24(3,4)5/h18-20,34H,6-17H2,1-5H3,(H,25,33)(H,26,31). The summed E-state index contributed by atoms with van der Waals surface area (Å²) in [6.07, 6.45) is 6.15. The van der Waals surface area contributed by atoms with E-state index >= 15 is 0 Å². The highest BCUT2D eigenvalue weighted by atomic mass is 16.5. The molecule has 0 aliphatic carbocycles. The highest BCUT2D eigenvalue weighted by Gasteiger charge is 2.32. The summed E-state index contributed by atoms with van der Waals surface area (Å²) in [5.74, 6) is -1.41. The van der Waals surface area contributed by atoms with Crippen LogP contribution in [-0.4, -0.2) is 76.2 Å². The topological polar surface area (TPSA) is 122 Å². The number of carbonyl (C=O) groups is 4. The number of hydrazine groups is 1. The molecule has 10 nitrogen and oxygen atoms in total. The Morgan fingerprint density at radius 2 is 1.71 bits per heavy atom. The van der Waals surface area contributed by atoms with Crippen LogP contribution in [0.3, 0.4) is 0 Å². The number of rotatable bonds is 12. The fraction of sp³-hybridized carbons (Fsp3) is 0.833. The lowest BCUT2D eigenvalue weighted by Crippen LogP contribution is -2.54. The molecule has 34 heavy (non-hydrogen) atoms. The van der Waals surface area contributed by atoms with Gasteiger partial charge in [0.25, 0.3) is 0 Å². The van der Waals surface area contributed by atoms with E-state index in [4.69, 9.17) is 0 Å². The molecule has 1 atom stereocenters. The first kappa shape index (κ1) is 29.7. The first-order valence-corrected chi connectivity index (χ1v) is 12.6. The molecule has 196 valence electrons. The maximum atomic E-state index is 13.3. The van der Waals surface area contributed by atoms with Crippen molar-refractivity contribution in [3.63, 3.8) is 0 Å². The van der Waals surface area contributed by atoms with Crippen molar-refractivity contribution in [2.45, 2.75) is 91.5 Å². The van der Waals surface area contributed by atoms with Crippen molar-refractivity contribution >= 4 is 24.3 Å². The van der Waals surface area contributed by atoms with Gasteiger partial charge in [-0.15, -0.1) is 0 Å². The van der Waals surface area contributed by atoms with Gasteiger partial charge in [-0.1, -0.05) is 39.5 Å².